The molecule has 1 rings (SSSR count). The molecule has 0 aliphatic carbocycles. The molecule has 2 atom stereocenters. The van der Waals surface area contributed by atoms with E-state index in [0.29, 0.717) is 6.04 Å². The standard InChI is InChI=1S/C6H13NO/c1-5-2-3-6(8)4-7-5/h5-8H,2-4H2,1H3/t5-,6+/m0/s1. The molecule has 0 amide bonds. The molecule has 2 heteroatoms. The molecule has 1 fully saturated rings. The lowest BCUT2D eigenvalue weighted by molar-refractivity contribution is 0.129. The molecule has 1 heterocycles. The molecule has 2 nitrogen and oxygen atoms in total. The van der Waals surface area contributed by atoms with Crippen molar-refractivity contribution >= 4 is 0 Å². The normalized spacial score (nSPS) is 39.8. The van der Waals surface area contributed by atoms with E-state index in [4.69, 9.17) is 5.11 Å². The van der Waals surface area contributed by atoms with E-state index in [0.717, 1.165) is 19.4 Å². The predicted molar refractivity (Wildman–Crippen MR) is 32.7 cm³/mol. The number of nitrogens with one attached hydrogen (secondary N) is 1. The third kappa shape index (κ3) is 1.46. The molecule has 1 aliphatic rings. The molecule has 0 saturated carbocycles. The number of piperidine rings is 1. The Labute approximate surface area is 49.9 Å². The lowest BCUT2D eigenvalue weighted by Crippen LogP contribution is -2.39. The van der Waals surface area contributed by atoms with Crippen molar-refractivity contribution < 1.29 is 5.11 Å². The van der Waals surface area contributed by atoms with Crippen molar-refractivity contribution in [3.63, 3.8) is 0 Å². The zero-order chi connectivity index (χ0) is 5.98. The van der Waals surface area contributed by atoms with Gasteiger partial charge in [-0.1, -0.05) is 0 Å². The molecular weight excluding hydrogens is 102 g/mol. The maximum atomic E-state index is 8.96. The van der Waals surface area contributed by atoms with Crippen molar-refractivity contribution in [1.82, 2.24) is 5.32 Å². The van der Waals surface area contributed by atoms with E-state index in [-0.39, 0.29) is 6.10 Å². The maximum Gasteiger partial charge on any atom is 0.0665 e. The molecule has 0 bridgehead atoms. The predicted octanol–water partition coefficient (Wildman–Crippen LogP) is 0.119. The SMILES string of the molecule is C[C@H]1CC[C@@H](O)CN1. The van der Waals surface area contributed by atoms with Gasteiger partial charge in [-0.2, -0.15) is 0 Å². The second-order valence-electron chi connectivity index (χ2n) is 2.54. The van der Waals surface area contributed by atoms with Crippen LogP contribution in [0.15, 0.2) is 0 Å². The third-order valence-electron chi connectivity index (χ3n) is 1.63. The molecule has 0 aromatic heterocycles. The third-order valence-corrected chi connectivity index (χ3v) is 1.63. The fourth-order valence-electron chi connectivity index (χ4n) is 0.984. The Hall–Kier alpha value is -0.0800. The van der Waals surface area contributed by atoms with Gasteiger partial charge in [0.25, 0.3) is 0 Å². The molecule has 0 aromatic rings. The van der Waals surface area contributed by atoms with E-state index in [9.17, 15) is 0 Å². The summed E-state index contributed by atoms with van der Waals surface area (Å²) in [5.41, 5.74) is 0. The number of hydrogen-bond acceptors (Lipinski definition) is 2. The topological polar surface area (TPSA) is 32.3 Å². The van der Waals surface area contributed by atoms with Gasteiger partial charge in [0.15, 0.2) is 0 Å². The first-order valence-electron chi connectivity index (χ1n) is 3.20. The number of rotatable bonds is 0. The van der Waals surface area contributed by atoms with Gasteiger partial charge in [0.1, 0.15) is 0 Å². The van der Waals surface area contributed by atoms with Gasteiger partial charge in [-0.05, 0) is 19.8 Å². The summed E-state index contributed by atoms with van der Waals surface area (Å²) in [5.74, 6) is 0. The van der Waals surface area contributed by atoms with E-state index >= 15 is 0 Å². The summed E-state index contributed by atoms with van der Waals surface area (Å²) in [6.07, 6.45) is 1.99. The van der Waals surface area contributed by atoms with E-state index in [1.807, 2.05) is 0 Å². The number of aliphatic hydroxyl groups is 1. The highest BCUT2D eigenvalue weighted by molar-refractivity contribution is 4.72. The monoisotopic (exact) mass is 115 g/mol. The van der Waals surface area contributed by atoms with Crippen LogP contribution >= 0.6 is 0 Å². The van der Waals surface area contributed by atoms with E-state index in [1.165, 1.54) is 0 Å². The van der Waals surface area contributed by atoms with E-state index in [1.54, 1.807) is 0 Å². The summed E-state index contributed by atoms with van der Waals surface area (Å²) in [5, 5.41) is 12.1. The highest BCUT2D eigenvalue weighted by Gasteiger charge is 2.13. The largest absolute Gasteiger partial charge is 0.392 e. The Morgan fingerprint density at radius 2 is 2.25 bits per heavy atom. The summed E-state index contributed by atoms with van der Waals surface area (Å²) >= 11 is 0. The minimum absolute atomic E-state index is 0.0915. The van der Waals surface area contributed by atoms with E-state index < -0.39 is 0 Å². The second kappa shape index (κ2) is 2.46. The Morgan fingerprint density at radius 3 is 2.62 bits per heavy atom. The van der Waals surface area contributed by atoms with Gasteiger partial charge in [0.2, 0.25) is 0 Å². The van der Waals surface area contributed by atoms with Crippen LogP contribution in [0, 0.1) is 0 Å². The van der Waals surface area contributed by atoms with Crippen molar-refractivity contribution in [3.05, 3.63) is 0 Å². The molecular formula is C6H13NO. The highest BCUT2D eigenvalue weighted by atomic mass is 16.3. The van der Waals surface area contributed by atoms with Gasteiger partial charge in [-0.25, -0.2) is 0 Å². The molecule has 8 heavy (non-hydrogen) atoms. The first-order chi connectivity index (χ1) is 3.79. The number of hydrogen-bond donors (Lipinski definition) is 2. The smallest absolute Gasteiger partial charge is 0.0665 e. The molecule has 1 saturated heterocycles. The van der Waals surface area contributed by atoms with Crippen LogP contribution in [0.5, 0.6) is 0 Å². The summed E-state index contributed by atoms with van der Waals surface area (Å²) in [7, 11) is 0. The Morgan fingerprint density at radius 1 is 1.50 bits per heavy atom. The van der Waals surface area contributed by atoms with Crippen molar-refractivity contribution in [2.24, 2.45) is 0 Å². The van der Waals surface area contributed by atoms with Gasteiger partial charge in [-0.15, -0.1) is 0 Å². The number of β-amino-alcohol motifs (C(OH)–C–C–N with tert-alkyl or cyclic N) is 1. The average molecular weight is 115 g/mol. The van der Waals surface area contributed by atoms with Crippen LogP contribution in [0.3, 0.4) is 0 Å². The molecule has 0 spiro atoms. The van der Waals surface area contributed by atoms with Crippen LogP contribution < -0.4 is 5.32 Å². The van der Waals surface area contributed by atoms with Crippen LogP contribution in [-0.4, -0.2) is 23.8 Å². The molecule has 2 N–H and O–H groups in total. The summed E-state index contributed by atoms with van der Waals surface area (Å²) in [6, 6.07) is 0.610. The van der Waals surface area contributed by atoms with Gasteiger partial charge < -0.3 is 10.4 Å². The molecule has 0 aromatic carbocycles. The quantitative estimate of drug-likeness (QED) is 0.470. The van der Waals surface area contributed by atoms with Crippen molar-refractivity contribution in [2.75, 3.05) is 6.54 Å². The molecule has 48 valence electrons. The lowest BCUT2D eigenvalue weighted by Gasteiger charge is -2.23. The lowest BCUT2D eigenvalue weighted by atomic mass is 10.0. The van der Waals surface area contributed by atoms with Crippen molar-refractivity contribution in [1.29, 1.82) is 0 Å². The van der Waals surface area contributed by atoms with Gasteiger partial charge in [0.05, 0.1) is 6.10 Å². The molecule has 1 aliphatic heterocycles. The summed E-state index contributed by atoms with van der Waals surface area (Å²) in [4.78, 5) is 0. The van der Waals surface area contributed by atoms with Gasteiger partial charge in [0, 0.05) is 12.6 Å². The van der Waals surface area contributed by atoms with Gasteiger partial charge >= 0.3 is 0 Å². The maximum absolute atomic E-state index is 8.96. The fraction of sp³-hybridized carbons (Fsp3) is 1.00. The zero-order valence-electron chi connectivity index (χ0n) is 5.22. The summed E-state index contributed by atoms with van der Waals surface area (Å²) in [6.45, 7) is 2.92. The highest BCUT2D eigenvalue weighted by Crippen LogP contribution is 2.05. The average Bonchev–Trinajstić information content (AvgIpc) is 1.77. The molecule has 0 radical (unpaired) electrons. The van der Waals surface area contributed by atoms with Crippen LogP contribution in [0.2, 0.25) is 0 Å². The first kappa shape index (κ1) is 6.05. The van der Waals surface area contributed by atoms with Crippen LogP contribution in [0.1, 0.15) is 19.8 Å². The second-order valence-corrected chi connectivity index (χ2v) is 2.54. The number of aliphatic hydroxyl groups excluding tert-OH is 1. The zero-order valence-corrected chi connectivity index (χ0v) is 5.22. The van der Waals surface area contributed by atoms with Crippen LogP contribution in [-0.2, 0) is 0 Å². The Balaban J connectivity index is 2.19. The Kier molecular flexibility index (Phi) is 1.86. The first-order valence-corrected chi connectivity index (χ1v) is 3.20. The van der Waals surface area contributed by atoms with E-state index in [2.05, 4.69) is 12.2 Å². The fourth-order valence-corrected chi connectivity index (χ4v) is 0.984. The van der Waals surface area contributed by atoms with Gasteiger partial charge in [-0.3, -0.25) is 0 Å². The molecule has 0 unspecified atom stereocenters. The van der Waals surface area contributed by atoms with Crippen LogP contribution in [0.25, 0.3) is 0 Å². The minimum atomic E-state index is -0.0915. The van der Waals surface area contributed by atoms with Crippen molar-refractivity contribution in [2.45, 2.75) is 31.9 Å². The Bertz CT molecular complexity index is 56.9. The van der Waals surface area contributed by atoms with Crippen molar-refractivity contribution in [3.8, 4) is 0 Å². The summed E-state index contributed by atoms with van der Waals surface area (Å²) < 4.78 is 0. The van der Waals surface area contributed by atoms with Crippen LogP contribution in [0.4, 0.5) is 0 Å². The minimum Gasteiger partial charge on any atom is -0.392 e.